The summed E-state index contributed by atoms with van der Waals surface area (Å²) in [5, 5.41) is 0.570. The number of hydrogen-bond acceptors (Lipinski definition) is 2. The summed E-state index contributed by atoms with van der Waals surface area (Å²) in [4.78, 5) is 14.8. The smallest absolute Gasteiger partial charge is 0.193 e. The largest absolute Gasteiger partial charge is 0.289 e. The van der Waals surface area contributed by atoms with Gasteiger partial charge in [0.25, 0.3) is 0 Å². The van der Waals surface area contributed by atoms with E-state index in [4.69, 9.17) is 11.6 Å². The van der Waals surface area contributed by atoms with Crippen molar-refractivity contribution in [3.05, 3.63) is 144 Å². The van der Waals surface area contributed by atoms with Crippen molar-refractivity contribution in [1.29, 1.82) is 0 Å². The zero-order chi connectivity index (χ0) is 23.3. The molecular formula is C31H21ClOS. The van der Waals surface area contributed by atoms with Crippen LogP contribution in [0.15, 0.2) is 137 Å². The summed E-state index contributed by atoms with van der Waals surface area (Å²) in [6.07, 6.45) is 0. The average molecular weight is 477 g/mol. The standard InChI is InChI=1S/C31H21ClOS/c32-29-20-25(31(33)24-14-8-3-9-15-24)16-19-30(29)34-26-17-18-27(22-10-4-1-5-11-22)28(21-26)23-12-6-2-7-13-23/h1-21H. The van der Waals surface area contributed by atoms with Gasteiger partial charge in [-0.05, 0) is 52.6 Å². The number of ketones is 1. The quantitative estimate of drug-likeness (QED) is 0.227. The lowest BCUT2D eigenvalue weighted by Crippen LogP contribution is -2.00. The van der Waals surface area contributed by atoms with E-state index in [0.717, 1.165) is 9.79 Å². The van der Waals surface area contributed by atoms with Crippen molar-refractivity contribution in [3.8, 4) is 22.3 Å². The van der Waals surface area contributed by atoms with Crippen molar-refractivity contribution in [2.75, 3.05) is 0 Å². The first-order valence-corrected chi connectivity index (χ1v) is 12.2. The number of carbonyl (C=O) groups excluding carboxylic acids is 1. The monoisotopic (exact) mass is 476 g/mol. The van der Waals surface area contributed by atoms with E-state index in [1.165, 1.54) is 22.3 Å². The molecule has 5 aromatic carbocycles. The molecule has 1 nitrogen and oxygen atoms in total. The molecule has 0 aliphatic rings. The first-order valence-electron chi connectivity index (χ1n) is 11.0. The Morgan fingerprint density at radius 2 is 1.15 bits per heavy atom. The molecule has 0 N–H and O–H groups in total. The second-order valence-electron chi connectivity index (χ2n) is 7.88. The Hall–Kier alpha value is -3.59. The van der Waals surface area contributed by atoms with E-state index < -0.39 is 0 Å². The van der Waals surface area contributed by atoms with Crippen molar-refractivity contribution >= 4 is 29.1 Å². The fourth-order valence-electron chi connectivity index (χ4n) is 3.92. The lowest BCUT2D eigenvalue weighted by Gasteiger charge is -2.13. The molecule has 0 heterocycles. The Morgan fingerprint density at radius 1 is 0.559 bits per heavy atom. The molecule has 3 heteroatoms. The first-order chi connectivity index (χ1) is 16.7. The topological polar surface area (TPSA) is 17.1 Å². The van der Waals surface area contributed by atoms with Crippen LogP contribution in [-0.4, -0.2) is 5.78 Å². The lowest BCUT2D eigenvalue weighted by atomic mass is 9.95. The number of carbonyl (C=O) groups is 1. The maximum Gasteiger partial charge on any atom is 0.193 e. The highest BCUT2D eigenvalue weighted by Gasteiger charge is 2.13. The molecule has 5 rings (SSSR count). The van der Waals surface area contributed by atoms with Gasteiger partial charge in [-0.1, -0.05) is 120 Å². The van der Waals surface area contributed by atoms with Crippen molar-refractivity contribution in [3.63, 3.8) is 0 Å². The summed E-state index contributed by atoms with van der Waals surface area (Å²) in [7, 11) is 0. The van der Waals surface area contributed by atoms with Crippen LogP contribution in [0.2, 0.25) is 5.02 Å². The van der Waals surface area contributed by atoms with E-state index >= 15 is 0 Å². The third-order valence-corrected chi connectivity index (χ3v) is 7.11. The Kier molecular flexibility index (Phi) is 6.62. The van der Waals surface area contributed by atoms with Crippen LogP contribution in [0.25, 0.3) is 22.3 Å². The highest BCUT2D eigenvalue weighted by molar-refractivity contribution is 7.99. The highest BCUT2D eigenvalue weighted by Crippen LogP contribution is 2.39. The SMILES string of the molecule is O=C(c1ccccc1)c1ccc(Sc2ccc(-c3ccccc3)c(-c3ccccc3)c2)c(Cl)c1. The van der Waals surface area contributed by atoms with Crippen LogP contribution in [0.3, 0.4) is 0 Å². The fraction of sp³-hybridized carbons (Fsp3) is 0. The Bertz CT molecular complexity index is 1430. The van der Waals surface area contributed by atoms with Gasteiger partial charge in [0, 0.05) is 20.9 Å². The van der Waals surface area contributed by atoms with Crippen molar-refractivity contribution in [2.24, 2.45) is 0 Å². The maximum atomic E-state index is 12.8. The number of hydrogen-bond donors (Lipinski definition) is 0. The summed E-state index contributed by atoms with van der Waals surface area (Å²) < 4.78 is 0. The van der Waals surface area contributed by atoms with Crippen molar-refractivity contribution in [1.82, 2.24) is 0 Å². The summed E-state index contributed by atoms with van der Waals surface area (Å²) in [6.45, 7) is 0. The van der Waals surface area contributed by atoms with Crippen molar-refractivity contribution < 1.29 is 4.79 Å². The Labute approximate surface area is 209 Å². The molecule has 0 radical (unpaired) electrons. The average Bonchev–Trinajstić information content (AvgIpc) is 2.91. The van der Waals surface area contributed by atoms with Gasteiger partial charge in [-0.25, -0.2) is 0 Å². The molecule has 0 fully saturated rings. The van der Waals surface area contributed by atoms with Gasteiger partial charge in [-0.15, -0.1) is 0 Å². The molecular weight excluding hydrogens is 456 g/mol. The summed E-state index contributed by atoms with van der Waals surface area (Å²) >= 11 is 8.22. The van der Waals surface area contributed by atoms with Gasteiger partial charge in [-0.2, -0.15) is 0 Å². The minimum absolute atomic E-state index is 0.0300. The normalized spacial score (nSPS) is 10.7. The minimum atomic E-state index is -0.0300. The van der Waals surface area contributed by atoms with E-state index in [1.807, 2.05) is 54.6 Å². The molecule has 0 aromatic heterocycles. The summed E-state index contributed by atoms with van der Waals surface area (Å²) in [5.41, 5.74) is 5.95. The van der Waals surface area contributed by atoms with Gasteiger partial charge in [0.05, 0.1) is 5.02 Å². The Morgan fingerprint density at radius 3 is 1.76 bits per heavy atom. The zero-order valence-electron chi connectivity index (χ0n) is 18.3. The number of benzene rings is 5. The van der Waals surface area contributed by atoms with Crippen LogP contribution in [0.5, 0.6) is 0 Å². The molecule has 0 amide bonds. The predicted molar refractivity (Wildman–Crippen MR) is 143 cm³/mol. The van der Waals surface area contributed by atoms with Gasteiger partial charge in [0.15, 0.2) is 5.78 Å². The first kappa shape index (κ1) is 22.2. The van der Waals surface area contributed by atoms with Crippen LogP contribution in [0, 0.1) is 0 Å². The van der Waals surface area contributed by atoms with Crippen LogP contribution in [-0.2, 0) is 0 Å². The van der Waals surface area contributed by atoms with E-state index in [9.17, 15) is 4.79 Å². The van der Waals surface area contributed by atoms with Gasteiger partial charge < -0.3 is 0 Å². The number of rotatable bonds is 6. The second-order valence-corrected chi connectivity index (χ2v) is 9.40. The summed E-state index contributed by atoms with van der Waals surface area (Å²) in [6, 6.07) is 42.1. The van der Waals surface area contributed by atoms with Crippen LogP contribution in [0.4, 0.5) is 0 Å². The predicted octanol–water partition coefficient (Wildman–Crippen LogP) is 9.06. The van der Waals surface area contributed by atoms with Crippen LogP contribution >= 0.6 is 23.4 Å². The van der Waals surface area contributed by atoms with E-state index in [0.29, 0.717) is 16.1 Å². The third-order valence-electron chi connectivity index (χ3n) is 5.62. The third kappa shape index (κ3) is 4.84. The molecule has 0 bridgehead atoms. The molecule has 0 atom stereocenters. The van der Waals surface area contributed by atoms with Crippen molar-refractivity contribution in [2.45, 2.75) is 9.79 Å². The molecule has 0 aliphatic carbocycles. The maximum absolute atomic E-state index is 12.8. The van der Waals surface area contributed by atoms with E-state index in [2.05, 4.69) is 66.7 Å². The molecule has 0 unspecified atom stereocenters. The summed E-state index contributed by atoms with van der Waals surface area (Å²) in [5.74, 6) is -0.0300. The zero-order valence-corrected chi connectivity index (χ0v) is 19.9. The molecule has 0 saturated carbocycles. The minimum Gasteiger partial charge on any atom is -0.289 e. The van der Waals surface area contributed by atoms with Gasteiger partial charge >= 0.3 is 0 Å². The molecule has 5 aromatic rings. The Balaban J connectivity index is 1.47. The van der Waals surface area contributed by atoms with E-state index in [-0.39, 0.29) is 5.78 Å². The van der Waals surface area contributed by atoms with Crippen LogP contribution in [0.1, 0.15) is 15.9 Å². The van der Waals surface area contributed by atoms with Gasteiger partial charge in [0.1, 0.15) is 0 Å². The second kappa shape index (κ2) is 10.1. The molecule has 0 aliphatic heterocycles. The molecule has 0 spiro atoms. The molecule has 0 saturated heterocycles. The van der Waals surface area contributed by atoms with E-state index in [1.54, 1.807) is 17.8 Å². The molecule has 164 valence electrons. The molecule has 34 heavy (non-hydrogen) atoms. The van der Waals surface area contributed by atoms with Crippen LogP contribution < -0.4 is 0 Å². The highest BCUT2D eigenvalue weighted by atomic mass is 35.5. The van der Waals surface area contributed by atoms with Gasteiger partial charge in [0.2, 0.25) is 0 Å². The lowest BCUT2D eigenvalue weighted by molar-refractivity contribution is 0.103. The van der Waals surface area contributed by atoms with Gasteiger partial charge in [-0.3, -0.25) is 4.79 Å². The number of halogens is 1. The fourth-order valence-corrected chi connectivity index (χ4v) is 5.08.